The van der Waals surface area contributed by atoms with Gasteiger partial charge in [-0.2, -0.15) is 0 Å². The van der Waals surface area contributed by atoms with Crippen molar-refractivity contribution in [2.75, 3.05) is 11.9 Å². The normalized spacial score (nSPS) is 17.4. The molecule has 7 heteroatoms. The molecule has 0 spiro atoms. The molecule has 19 heavy (non-hydrogen) atoms. The molecule has 0 radical (unpaired) electrons. The maximum atomic E-state index is 12.2. The lowest BCUT2D eigenvalue weighted by atomic mass is 10.1. The molecule has 1 aromatic carbocycles. The van der Waals surface area contributed by atoms with Crippen molar-refractivity contribution in [3.63, 3.8) is 0 Å². The summed E-state index contributed by atoms with van der Waals surface area (Å²) in [6, 6.07) is 4.77. The predicted octanol–water partition coefficient (Wildman–Crippen LogP) is 3.95. The van der Waals surface area contributed by atoms with Gasteiger partial charge in [0.2, 0.25) is 10.0 Å². The number of alkyl halides is 1. The van der Waals surface area contributed by atoms with E-state index < -0.39 is 10.0 Å². The molecule has 0 amide bonds. The molecular weight excluding hydrogens is 417 g/mol. The molecule has 0 unspecified atom stereocenters. The zero-order valence-corrected chi connectivity index (χ0v) is 14.9. The molecule has 1 aliphatic rings. The van der Waals surface area contributed by atoms with Gasteiger partial charge in [-0.05, 0) is 42.9 Å². The van der Waals surface area contributed by atoms with Crippen LogP contribution in [0.25, 0.3) is 0 Å². The van der Waals surface area contributed by atoms with E-state index in [2.05, 4.69) is 36.6 Å². The summed E-state index contributed by atoms with van der Waals surface area (Å²) in [7, 11) is -3.54. The Morgan fingerprint density at radius 3 is 2.58 bits per heavy atom. The Balaban J connectivity index is 2.10. The quantitative estimate of drug-likeness (QED) is 0.694. The molecule has 1 fully saturated rings. The van der Waals surface area contributed by atoms with Crippen LogP contribution in [0.15, 0.2) is 27.6 Å². The van der Waals surface area contributed by atoms with E-state index in [0.717, 1.165) is 29.1 Å². The number of sulfonamides is 1. The van der Waals surface area contributed by atoms with Crippen molar-refractivity contribution in [2.45, 2.75) is 24.2 Å². The zero-order valence-electron chi connectivity index (χ0n) is 10.1. The highest BCUT2D eigenvalue weighted by molar-refractivity contribution is 9.10. The fraction of sp³-hybridized carbons (Fsp3) is 0.500. The number of nitrogens with one attached hydrogen (secondary N) is 1. The van der Waals surface area contributed by atoms with Crippen LogP contribution in [0.5, 0.6) is 0 Å². The number of hydrogen-bond donors (Lipinski definition) is 1. The second kappa shape index (κ2) is 6.02. The van der Waals surface area contributed by atoms with Gasteiger partial charge in [0.25, 0.3) is 0 Å². The number of benzene rings is 1. The molecule has 0 atom stereocenters. The smallest absolute Gasteiger partial charge is 0.211 e. The maximum Gasteiger partial charge on any atom is 0.242 e. The van der Waals surface area contributed by atoms with Gasteiger partial charge in [0, 0.05) is 16.3 Å². The van der Waals surface area contributed by atoms with Gasteiger partial charge in [0.05, 0.1) is 5.02 Å². The monoisotopic (exact) mass is 429 g/mol. The third-order valence-electron chi connectivity index (χ3n) is 3.40. The number of rotatable bonds is 6. The first-order valence-electron chi connectivity index (χ1n) is 5.89. The van der Waals surface area contributed by atoms with Crippen molar-refractivity contribution in [2.24, 2.45) is 5.41 Å². The average molecular weight is 432 g/mol. The fourth-order valence-corrected chi connectivity index (χ4v) is 4.95. The number of halogens is 3. The minimum atomic E-state index is -3.54. The topological polar surface area (TPSA) is 46.2 Å². The SMILES string of the molecule is O=S(=O)(NCC1(CCBr)CC1)c1ccc(Br)cc1Cl. The van der Waals surface area contributed by atoms with Gasteiger partial charge < -0.3 is 0 Å². The van der Waals surface area contributed by atoms with E-state index in [9.17, 15) is 8.42 Å². The second-order valence-electron chi connectivity index (χ2n) is 4.84. The Labute approximate surface area is 135 Å². The minimum Gasteiger partial charge on any atom is -0.211 e. The van der Waals surface area contributed by atoms with E-state index >= 15 is 0 Å². The van der Waals surface area contributed by atoms with Crippen LogP contribution in [0, 0.1) is 5.41 Å². The third-order valence-corrected chi connectivity index (χ3v) is 6.18. The highest BCUT2D eigenvalue weighted by atomic mass is 79.9. The summed E-state index contributed by atoms with van der Waals surface area (Å²) in [4.78, 5) is 0.131. The molecule has 1 saturated carbocycles. The number of hydrogen-bond acceptors (Lipinski definition) is 2. The molecule has 1 N–H and O–H groups in total. The Kier molecular flexibility index (Phi) is 4.99. The highest BCUT2D eigenvalue weighted by Gasteiger charge is 2.42. The van der Waals surface area contributed by atoms with Gasteiger partial charge in [0.1, 0.15) is 4.90 Å². The van der Waals surface area contributed by atoms with Gasteiger partial charge >= 0.3 is 0 Å². The molecule has 0 aliphatic heterocycles. The molecule has 106 valence electrons. The van der Waals surface area contributed by atoms with Crippen LogP contribution in [-0.2, 0) is 10.0 Å². The third kappa shape index (κ3) is 3.94. The summed E-state index contributed by atoms with van der Waals surface area (Å²) < 4.78 is 27.9. The summed E-state index contributed by atoms with van der Waals surface area (Å²) in [6.07, 6.45) is 3.15. The molecule has 1 aromatic rings. The largest absolute Gasteiger partial charge is 0.242 e. The summed E-state index contributed by atoms with van der Waals surface area (Å²) >= 11 is 12.7. The van der Waals surface area contributed by atoms with Gasteiger partial charge in [-0.25, -0.2) is 13.1 Å². The maximum absolute atomic E-state index is 12.2. The van der Waals surface area contributed by atoms with E-state index in [1.807, 2.05) is 0 Å². The first kappa shape index (κ1) is 15.8. The Morgan fingerprint density at radius 1 is 1.37 bits per heavy atom. The van der Waals surface area contributed by atoms with Crippen LogP contribution in [-0.4, -0.2) is 20.3 Å². The summed E-state index contributed by atoms with van der Waals surface area (Å²) in [6.45, 7) is 0.479. The molecule has 0 aromatic heterocycles. The Morgan fingerprint density at radius 2 is 2.05 bits per heavy atom. The van der Waals surface area contributed by atoms with Crippen molar-refractivity contribution in [3.8, 4) is 0 Å². The van der Waals surface area contributed by atoms with Crippen molar-refractivity contribution in [1.29, 1.82) is 0 Å². The van der Waals surface area contributed by atoms with Crippen LogP contribution >= 0.6 is 43.5 Å². The highest BCUT2D eigenvalue weighted by Crippen LogP contribution is 2.48. The lowest BCUT2D eigenvalue weighted by Gasteiger charge is -2.15. The van der Waals surface area contributed by atoms with Crippen LogP contribution < -0.4 is 4.72 Å². The lowest BCUT2D eigenvalue weighted by Crippen LogP contribution is -2.30. The van der Waals surface area contributed by atoms with Crippen LogP contribution in [0.3, 0.4) is 0 Å². The van der Waals surface area contributed by atoms with Gasteiger partial charge in [-0.1, -0.05) is 43.5 Å². The Hall–Kier alpha value is 0.380. The van der Waals surface area contributed by atoms with E-state index in [1.165, 1.54) is 6.07 Å². The molecule has 2 rings (SSSR count). The lowest BCUT2D eigenvalue weighted by molar-refractivity contribution is 0.480. The molecular formula is C12H14Br2ClNO2S. The molecule has 0 bridgehead atoms. The van der Waals surface area contributed by atoms with E-state index in [1.54, 1.807) is 12.1 Å². The van der Waals surface area contributed by atoms with E-state index in [-0.39, 0.29) is 15.3 Å². The second-order valence-corrected chi connectivity index (χ2v) is 8.69. The fourth-order valence-electron chi connectivity index (χ4n) is 1.91. The van der Waals surface area contributed by atoms with Crippen LogP contribution in [0.2, 0.25) is 5.02 Å². The molecule has 3 nitrogen and oxygen atoms in total. The van der Waals surface area contributed by atoms with Gasteiger partial charge in [-0.3, -0.25) is 0 Å². The van der Waals surface area contributed by atoms with E-state index in [4.69, 9.17) is 11.6 Å². The van der Waals surface area contributed by atoms with E-state index in [0.29, 0.717) is 6.54 Å². The average Bonchev–Trinajstić information content (AvgIpc) is 3.07. The molecule has 1 aliphatic carbocycles. The first-order valence-corrected chi connectivity index (χ1v) is 9.67. The van der Waals surface area contributed by atoms with Crippen molar-refractivity contribution in [1.82, 2.24) is 4.72 Å². The molecule has 0 saturated heterocycles. The first-order chi connectivity index (χ1) is 8.88. The summed E-state index contributed by atoms with van der Waals surface area (Å²) in [5.74, 6) is 0. The zero-order chi connectivity index (χ0) is 14.1. The summed E-state index contributed by atoms with van der Waals surface area (Å²) in [5.41, 5.74) is 0.137. The van der Waals surface area contributed by atoms with Crippen molar-refractivity contribution >= 4 is 53.5 Å². The standard InChI is InChI=1S/C12H14Br2ClNO2S/c13-6-5-12(3-4-12)8-16-19(17,18)11-2-1-9(14)7-10(11)15/h1-2,7,16H,3-6,8H2. The Bertz CT molecular complexity index is 573. The van der Waals surface area contributed by atoms with Gasteiger partial charge in [0.15, 0.2) is 0 Å². The van der Waals surface area contributed by atoms with Crippen molar-refractivity contribution in [3.05, 3.63) is 27.7 Å². The van der Waals surface area contributed by atoms with Crippen LogP contribution in [0.4, 0.5) is 0 Å². The predicted molar refractivity (Wildman–Crippen MR) is 84.4 cm³/mol. The van der Waals surface area contributed by atoms with Gasteiger partial charge in [-0.15, -0.1) is 0 Å². The summed E-state index contributed by atoms with van der Waals surface area (Å²) in [5, 5.41) is 1.13. The van der Waals surface area contributed by atoms with Crippen molar-refractivity contribution < 1.29 is 8.42 Å². The minimum absolute atomic E-state index is 0.131. The molecule has 0 heterocycles. The van der Waals surface area contributed by atoms with Crippen LogP contribution in [0.1, 0.15) is 19.3 Å².